The highest BCUT2D eigenvalue weighted by atomic mass is 35.5. The zero-order valence-corrected chi connectivity index (χ0v) is 23.1. The highest BCUT2D eigenvalue weighted by Crippen LogP contribution is 2.35. The number of carbonyl (C=O) groups excluding carboxylic acids is 1. The standard InChI is InChI=1S/C25H30ClN7O5S/c1-14-12-33-22(28-23(14)32-13-16(27)10-21(32)25(35)36)11-19(29-33)20-5-3-4-8-31(20)24(34)17-9-15(26)6-7-18(17)30-39(2,37)38/h6-7,9,11-12,16,20-21,30H,3-5,8,10,13,27H2,1-2H3,(H,35,36)/t16-,20-,21+/m0/s1. The van der Waals surface area contributed by atoms with Gasteiger partial charge in [-0.15, -0.1) is 0 Å². The normalized spacial score (nSPS) is 21.9. The van der Waals surface area contributed by atoms with E-state index in [9.17, 15) is 23.1 Å². The van der Waals surface area contributed by atoms with Gasteiger partial charge < -0.3 is 20.6 Å². The number of halogens is 1. The predicted octanol–water partition coefficient (Wildman–Crippen LogP) is 2.42. The third-order valence-corrected chi connectivity index (χ3v) is 7.95. The van der Waals surface area contributed by atoms with Crippen LogP contribution in [0.5, 0.6) is 0 Å². The van der Waals surface area contributed by atoms with Crippen molar-refractivity contribution in [1.82, 2.24) is 19.5 Å². The number of hydrogen-bond acceptors (Lipinski definition) is 8. The molecular weight excluding hydrogens is 546 g/mol. The van der Waals surface area contributed by atoms with Gasteiger partial charge in [0.25, 0.3) is 5.91 Å². The van der Waals surface area contributed by atoms with Crippen molar-refractivity contribution in [3.63, 3.8) is 0 Å². The van der Waals surface area contributed by atoms with E-state index in [1.165, 1.54) is 18.2 Å². The molecule has 12 nitrogen and oxygen atoms in total. The van der Waals surface area contributed by atoms with Gasteiger partial charge in [0.15, 0.2) is 5.65 Å². The Hall–Kier alpha value is -3.42. The minimum absolute atomic E-state index is 0.157. The first kappa shape index (κ1) is 27.2. The number of piperidine rings is 1. The molecule has 0 bridgehead atoms. The highest BCUT2D eigenvalue weighted by molar-refractivity contribution is 7.92. The largest absolute Gasteiger partial charge is 0.480 e. The minimum Gasteiger partial charge on any atom is -0.480 e. The fraction of sp³-hybridized carbons (Fsp3) is 0.440. The van der Waals surface area contributed by atoms with E-state index in [-0.39, 0.29) is 29.2 Å². The zero-order chi connectivity index (χ0) is 28.1. The zero-order valence-electron chi connectivity index (χ0n) is 21.5. The summed E-state index contributed by atoms with van der Waals surface area (Å²) in [6.45, 7) is 2.69. The Morgan fingerprint density at radius 1 is 1.23 bits per heavy atom. The van der Waals surface area contributed by atoms with Crippen LogP contribution in [0.15, 0.2) is 30.5 Å². The van der Waals surface area contributed by atoms with Crippen molar-refractivity contribution >= 4 is 50.7 Å². The first-order valence-electron chi connectivity index (χ1n) is 12.6. The maximum Gasteiger partial charge on any atom is 0.326 e. The number of carboxylic acids is 1. The molecule has 3 atom stereocenters. The van der Waals surface area contributed by atoms with Gasteiger partial charge in [-0.1, -0.05) is 11.6 Å². The molecule has 0 saturated carbocycles. The molecule has 2 aliphatic rings. The lowest BCUT2D eigenvalue weighted by molar-refractivity contribution is -0.138. The molecule has 39 heavy (non-hydrogen) atoms. The molecule has 1 amide bonds. The molecule has 0 spiro atoms. The molecule has 3 aromatic rings. The molecule has 208 valence electrons. The number of likely N-dealkylation sites (tertiary alicyclic amines) is 1. The van der Waals surface area contributed by atoms with Crippen LogP contribution in [-0.4, -0.2) is 76.3 Å². The number of hydrogen-bond donors (Lipinski definition) is 3. The van der Waals surface area contributed by atoms with Crippen LogP contribution >= 0.6 is 11.6 Å². The number of benzene rings is 1. The molecule has 14 heteroatoms. The number of carbonyl (C=O) groups is 2. The van der Waals surface area contributed by atoms with Crippen LogP contribution in [0.25, 0.3) is 5.65 Å². The number of aryl methyl sites for hydroxylation is 1. The van der Waals surface area contributed by atoms with Crippen molar-refractivity contribution in [2.24, 2.45) is 5.73 Å². The average Bonchev–Trinajstić information content (AvgIpc) is 3.46. The molecule has 2 aromatic heterocycles. The lowest BCUT2D eigenvalue weighted by Crippen LogP contribution is -2.39. The number of rotatable bonds is 6. The van der Waals surface area contributed by atoms with E-state index in [0.29, 0.717) is 48.1 Å². The van der Waals surface area contributed by atoms with Crippen molar-refractivity contribution in [2.45, 2.75) is 50.7 Å². The van der Waals surface area contributed by atoms with Crippen LogP contribution in [0.3, 0.4) is 0 Å². The smallest absolute Gasteiger partial charge is 0.326 e. The van der Waals surface area contributed by atoms with Gasteiger partial charge in [0.05, 0.1) is 29.2 Å². The number of nitrogens with zero attached hydrogens (tertiary/aromatic N) is 5. The third kappa shape index (κ3) is 5.52. The second-order valence-electron chi connectivity index (χ2n) is 10.2. The molecule has 4 heterocycles. The van der Waals surface area contributed by atoms with Crippen LogP contribution in [0, 0.1) is 6.92 Å². The number of aromatic nitrogens is 3. The Labute approximate surface area is 230 Å². The van der Waals surface area contributed by atoms with E-state index in [1.807, 2.05) is 6.92 Å². The van der Waals surface area contributed by atoms with Crippen LogP contribution in [0.1, 0.15) is 53.3 Å². The van der Waals surface area contributed by atoms with E-state index in [0.717, 1.165) is 24.7 Å². The van der Waals surface area contributed by atoms with Crippen LogP contribution in [0.2, 0.25) is 5.02 Å². The number of fused-ring (bicyclic) bond motifs is 1. The third-order valence-electron chi connectivity index (χ3n) is 7.13. The minimum atomic E-state index is -3.62. The first-order valence-corrected chi connectivity index (χ1v) is 14.9. The topological polar surface area (TPSA) is 163 Å². The molecule has 4 N–H and O–H groups in total. The summed E-state index contributed by atoms with van der Waals surface area (Å²) in [6, 6.07) is 4.88. The van der Waals surface area contributed by atoms with E-state index >= 15 is 0 Å². The van der Waals surface area contributed by atoms with Gasteiger partial charge in [-0.25, -0.2) is 22.7 Å². The van der Waals surface area contributed by atoms with Gasteiger partial charge in [0.1, 0.15) is 11.9 Å². The summed E-state index contributed by atoms with van der Waals surface area (Å²) in [5.41, 5.74) is 8.30. The summed E-state index contributed by atoms with van der Waals surface area (Å²) in [7, 11) is -3.62. The second-order valence-corrected chi connectivity index (χ2v) is 12.4. The summed E-state index contributed by atoms with van der Waals surface area (Å²) >= 11 is 6.18. The van der Waals surface area contributed by atoms with Crippen molar-refractivity contribution < 1.29 is 23.1 Å². The van der Waals surface area contributed by atoms with Gasteiger partial charge in [0.2, 0.25) is 10.0 Å². The van der Waals surface area contributed by atoms with Crippen LogP contribution in [0.4, 0.5) is 11.5 Å². The van der Waals surface area contributed by atoms with Gasteiger partial charge in [-0.3, -0.25) is 9.52 Å². The average molecular weight is 576 g/mol. The molecule has 0 unspecified atom stereocenters. The highest BCUT2D eigenvalue weighted by Gasteiger charge is 2.37. The predicted molar refractivity (Wildman–Crippen MR) is 147 cm³/mol. The summed E-state index contributed by atoms with van der Waals surface area (Å²) < 4.78 is 27.9. The summed E-state index contributed by atoms with van der Waals surface area (Å²) in [5.74, 6) is -0.757. The summed E-state index contributed by atoms with van der Waals surface area (Å²) in [6.07, 6.45) is 5.50. The van der Waals surface area contributed by atoms with Gasteiger partial charge >= 0.3 is 5.97 Å². The van der Waals surface area contributed by atoms with Gasteiger partial charge in [0, 0.05) is 42.0 Å². The van der Waals surface area contributed by atoms with E-state index in [4.69, 9.17) is 27.4 Å². The Morgan fingerprint density at radius 3 is 2.72 bits per heavy atom. The van der Waals surface area contributed by atoms with Crippen molar-refractivity contribution in [2.75, 3.05) is 29.0 Å². The molecule has 2 aliphatic heterocycles. The molecule has 0 aliphatic carbocycles. The Kier molecular flexibility index (Phi) is 7.16. The lowest BCUT2D eigenvalue weighted by Gasteiger charge is -2.35. The molecule has 1 aromatic carbocycles. The number of carboxylic acid groups (broad SMARTS) is 1. The molecular formula is C25H30ClN7O5S. The number of aliphatic carboxylic acids is 1. The van der Waals surface area contributed by atoms with Crippen molar-refractivity contribution in [3.8, 4) is 0 Å². The Balaban J connectivity index is 1.50. The fourth-order valence-corrected chi connectivity index (χ4v) is 6.18. The number of nitrogens with two attached hydrogens (primary N) is 1. The van der Waals surface area contributed by atoms with Crippen molar-refractivity contribution in [1.29, 1.82) is 0 Å². The molecule has 2 saturated heterocycles. The number of anilines is 2. The molecule has 2 fully saturated rings. The maximum absolute atomic E-state index is 13.8. The van der Waals surface area contributed by atoms with E-state index in [2.05, 4.69) is 4.72 Å². The maximum atomic E-state index is 13.8. The van der Waals surface area contributed by atoms with Crippen LogP contribution < -0.4 is 15.4 Å². The van der Waals surface area contributed by atoms with Gasteiger partial charge in [-0.05, 0) is 50.8 Å². The number of amides is 1. The second kappa shape index (κ2) is 10.3. The van der Waals surface area contributed by atoms with Crippen LogP contribution in [-0.2, 0) is 14.8 Å². The van der Waals surface area contributed by atoms with Crippen molar-refractivity contribution in [3.05, 3.63) is 52.3 Å². The molecule has 5 rings (SSSR count). The van der Waals surface area contributed by atoms with E-state index in [1.54, 1.807) is 26.6 Å². The molecule has 0 radical (unpaired) electrons. The number of nitrogens with one attached hydrogen (secondary N) is 1. The summed E-state index contributed by atoms with van der Waals surface area (Å²) in [5, 5.41) is 14.7. The fourth-order valence-electron chi connectivity index (χ4n) is 5.43. The Bertz CT molecular complexity index is 1560. The van der Waals surface area contributed by atoms with E-state index < -0.39 is 22.0 Å². The number of sulfonamides is 1. The quantitative estimate of drug-likeness (QED) is 0.400. The monoisotopic (exact) mass is 575 g/mol. The lowest BCUT2D eigenvalue weighted by atomic mass is 9.98. The summed E-state index contributed by atoms with van der Waals surface area (Å²) in [4.78, 5) is 33.8. The SMILES string of the molecule is Cc1cn2nc([C@@H]3CCCCN3C(=O)c3cc(Cl)ccc3NS(C)(=O)=O)cc2nc1N1C[C@@H](N)C[C@@H]1C(=O)O. The Morgan fingerprint density at radius 2 is 2.00 bits per heavy atom. The van der Waals surface area contributed by atoms with Gasteiger partial charge in [-0.2, -0.15) is 5.10 Å². The first-order chi connectivity index (χ1) is 18.4.